The lowest BCUT2D eigenvalue weighted by molar-refractivity contribution is -0.123. The lowest BCUT2D eigenvalue weighted by Crippen LogP contribution is -2.28. The molecule has 0 fully saturated rings. The van der Waals surface area contributed by atoms with Crippen molar-refractivity contribution in [1.82, 2.24) is 5.32 Å². The topological polar surface area (TPSA) is 55.4 Å². The van der Waals surface area contributed by atoms with Gasteiger partial charge in [-0.05, 0) is 30.7 Å². The molecule has 0 aliphatic carbocycles. The first kappa shape index (κ1) is 16.1. The molecule has 0 bridgehead atoms. The fourth-order valence-corrected chi connectivity index (χ4v) is 2.71. The minimum Gasteiger partial charge on any atom is -0.453 e. The van der Waals surface area contributed by atoms with Crippen molar-refractivity contribution in [1.29, 1.82) is 0 Å². The van der Waals surface area contributed by atoms with Crippen LogP contribution in [0.3, 0.4) is 0 Å². The first-order valence-electron chi connectivity index (χ1n) is 7.50. The van der Waals surface area contributed by atoms with Gasteiger partial charge in [-0.25, -0.2) is 13.6 Å². The van der Waals surface area contributed by atoms with Gasteiger partial charge in [-0.15, -0.1) is 0 Å². The van der Waals surface area contributed by atoms with Gasteiger partial charge in [0, 0.05) is 5.56 Å². The van der Waals surface area contributed by atoms with Crippen molar-refractivity contribution in [3.05, 3.63) is 70.8 Å². The van der Waals surface area contributed by atoms with Gasteiger partial charge in [-0.1, -0.05) is 24.3 Å². The number of nitrogens with one attached hydrogen (secondary N) is 1. The molecule has 0 spiro atoms. The van der Waals surface area contributed by atoms with E-state index in [0.29, 0.717) is 16.7 Å². The van der Waals surface area contributed by atoms with Crippen molar-refractivity contribution in [2.24, 2.45) is 0 Å². The van der Waals surface area contributed by atoms with E-state index in [1.165, 1.54) is 6.07 Å². The third kappa shape index (κ3) is 3.13. The molecule has 1 aliphatic heterocycles. The van der Waals surface area contributed by atoms with Crippen molar-refractivity contribution in [3.63, 3.8) is 0 Å². The number of halogens is 2. The predicted octanol–water partition coefficient (Wildman–Crippen LogP) is 3.44. The number of benzene rings is 2. The fraction of sp³-hybridized carbons (Fsp3) is 0.222. The highest BCUT2D eigenvalue weighted by atomic mass is 19.2. The van der Waals surface area contributed by atoms with Crippen LogP contribution in [0.1, 0.15) is 47.0 Å². The minimum atomic E-state index is -0.966. The Morgan fingerprint density at radius 2 is 1.96 bits per heavy atom. The molecule has 0 saturated heterocycles. The molecule has 2 aromatic rings. The summed E-state index contributed by atoms with van der Waals surface area (Å²) >= 11 is 0. The Morgan fingerprint density at radius 1 is 1.21 bits per heavy atom. The van der Waals surface area contributed by atoms with Crippen LogP contribution in [0.25, 0.3) is 0 Å². The molecule has 4 nitrogen and oxygen atoms in total. The van der Waals surface area contributed by atoms with Crippen LogP contribution >= 0.6 is 0 Å². The van der Waals surface area contributed by atoms with Crippen LogP contribution in [-0.4, -0.2) is 11.9 Å². The number of fused-ring (bicyclic) bond motifs is 1. The van der Waals surface area contributed by atoms with Crippen LogP contribution in [0, 0.1) is 11.6 Å². The molecule has 0 saturated carbocycles. The highest BCUT2D eigenvalue weighted by Crippen LogP contribution is 2.32. The molecule has 0 aromatic heterocycles. The van der Waals surface area contributed by atoms with E-state index in [2.05, 4.69) is 5.32 Å². The molecule has 3 rings (SSSR count). The van der Waals surface area contributed by atoms with E-state index in [0.717, 1.165) is 12.1 Å². The second-order valence-electron chi connectivity index (χ2n) is 5.65. The fourth-order valence-electron chi connectivity index (χ4n) is 2.71. The predicted molar refractivity (Wildman–Crippen MR) is 82.1 cm³/mol. The molecule has 124 valence electrons. The summed E-state index contributed by atoms with van der Waals surface area (Å²) < 4.78 is 31.4. The van der Waals surface area contributed by atoms with E-state index in [4.69, 9.17) is 4.74 Å². The smallest absolute Gasteiger partial charge is 0.339 e. The third-order valence-electron chi connectivity index (χ3n) is 3.97. The van der Waals surface area contributed by atoms with Crippen LogP contribution in [0.4, 0.5) is 8.78 Å². The Kier molecular flexibility index (Phi) is 4.29. The Hall–Kier alpha value is -2.76. The summed E-state index contributed by atoms with van der Waals surface area (Å²) in [4.78, 5) is 23.9. The number of ether oxygens (including phenoxy) is 1. The maximum Gasteiger partial charge on any atom is 0.339 e. The summed E-state index contributed by atoms with van der Waals surface area (Å²) in [6, 6.07) is 9.88. The highest BCUT2D eigenvalue weighted by molar-refractivity contribution is 5.94. The number of esters is 1. The van der Waals surface area contributed by atoms with E-state index >= 15 is 0 Å². The Morgan fingerprint density at radius 3 is 2.71 bits per heavy atom. The third-order valence-corrected chi connectivity index (χ3v) is 3.97. The second kappa shape index (κ2) is 6.39. The molecule has 1 heterocycles. The first-order chi connectivity index (χ1) is 11.5. The van der Waals surface area contributed by atoms with Crippen LogP contribution in [-0.2, 0) is 9.53 Å². The molecule has 1 N–H and O–H groups in total. The zero-order valence-corrected chi connectivity index (χ0v) is 12.9. The standard InChI is InChI=1S/C18H15F2NO3/c1-10(11-6-7-14(19)15(20)8-11)21-17(22)9-16-12-4-2-3-5-13(12)18(23)24-16/h2-8,10,16H,9H2,1H3,(H,21,22). The molecule has 24 heavy (non-hydrogen) atoms. The molecular formula is C18H15F2NO3. The van der Waals surface area contributed by atoms with E-state index in [1.54, 1.807) is 31.2 Å². The zero-order valence-electron chi connectivity index (χ0n) is 12.9. The Labute approximate surface area is 137 Å². The molecule has 2 aromatic carbocycles. The molecule has 1 aliphatic rings. The number of cyclic esters (lactones) is 1. The lowest BCUT2D eigenvalue weighted by Gasteiger charge is -2.16. The van der Waals surface area contributed by atoms with Crippen LogP contribution in [0.5, 0.6) is 0 Å². The molecular weight excluding hydrogens is 316 g/mol. The zero-order chi connectivity index (χ0) is 17.3. The quantitative estimate of drug-likeness (QED) is 0.873. The van der Waals surface area contributed by atoms with Gasteiger partial charge in [0.25, 0.3) is 0 Å². The van der Waals surface area contributed by atoms with Crippen molar-refractivity contribution in [2.45, 2.75) is 25.5 Å². The average Bonchev–Trinajstić information content (AvgIpc) is 2.86. The van der Waals surface area contributed by atoms with Crippen LogP contribution in [0.15, 0.2) is 42.5 Å². The molecule has 6 heteroatoms. The van der Waals surface area contributed by atoms with Gasteiger partial charge in [-0.2, -0.15) is 0 Å². The van der Waals surface area contributed by atoms with E-state index in [1.807, 2.05) is 0 Å². The van der Waals surface area contributed by atoms with Crippen LogP contribution < -0.4 is 5.32 Å². The summed E-state index contributed by atoms with van der Waals surface area (Å²) in [5.74, 6) is -2.70. The first-order valence-corrected chi connectivity index (χ1v) is 7.50. The molecule has 1 amide bonds. The summed E-state index contributed by atoms with van der Waals surface area (Å²) in [5, 5.41) is 2.70. The van der Waals surface area contributed by atoms with Crippen molar-refractivity contribution in [2.75, 3.05) is 0 Å². The normalized spacial score (nSPS) is 17.1. The summed E-state index contributed by atoms with van der Waals surface area (Å²) in [7, 11) is 0. The summed E-state index contributed by atoms with van der Waals surface area (Å²) in [5.41, 5.74) is 1.59. The van der Waals surface area contributed by atoms with E-state index in [9.17, 15) is 18.4 Å². The van der Waals surface area contributed by atoms with Gasteiger partial charge in [0.2, 0.25) is 5.91 Å². The monoisotopic (exact) mass is 331 g/mol. The van der Waals surface area contributed by atoms with Gasteiger partial charge in [0.15, 0.2) is 11.6 Å². The lowest BCUT2D eigenvalue weighted by atomic mass is 10.0. The number of amides is 1. The van der Waals surface area contributed by atoms with Gasteiger partial charge < -0.3 is 10.1 Å². The summed E-state index contributed by atoms with van der Waals surface area (Å²) in [6.45, 7) is 1.67. The van der Waals surface area contributed by atoms with Crippen molar-refractivity contribution < 1.29 is 23.1 Å². The van der Waals surface area contributed by atoms with Crippen molar-refractivity contribution in [3.8, 4) is 0 Å². The van der Waals surface area contributed by atoms with Crippen molar-refractivity contribution >= 4 is 11.9 Å². The molecule has 2 atom stereocenters. The van der Waals surface area contributed by atoms with E-state index < -0.39 is 29.7 Å². The summed E-state index contributed by atoms with van der Waals surface area (Å²) in [6.07, 6.45) is -0.664. The average molecular weight is 331 g/mol. The minimum absolute atomic E-state index is 0.0310. The number of rotatable bonds is 4. The SMILES string of the molecule is CC(NC(=O)CC1OC(=O)c2ccccc21)c1ccc(F)c(F)c1. The Balaban J connectivity index is 1.66. The van der Waals surface area contributed by atoms with E-state index in [-0.39, 0.29) is 12.3 Å². The molecule has 2 unspecified atom stereocenters. The van der Waals surface area contributed by atoms with Gasteiger partial charge in [0.05, 0.1) is 18.0 Å². The number of carbonyl (C=O) groups is 2. The van der Waals surface area contributed by atoms with Crippen LogP contribution in [0.2, 0.25) is 0 Å². The maximum atomic E-state index is 13.3. The number of hydrogen-bond acceptors (Lipinski definition) is 3. The second-order valence-corrected chi connectivity index (χ2v) is 5.65. The number of carbonyl (C=O) groups excluding carboxylic acids is 2. The number of hydrogen-bond donors (Lipinski definition) is 1. The molecule has 0 radical (unpaired) electrons. The highest BCUT2D eigenvalue weighted by Gasteiger charge is 2.32. The Bertz CT molecular complexity index is 807. The van der Waals surface area contributed by atoms with Gasteiger partial charge in [-0.3, -0.25) is 4.79 Å². The van der Waals surface area contributed by atoms with Gasteiger partial charge >= 0.3 is 5.97 Å². The largest absolute Gasteiger partial charge is 0.453 e. The maximum absolute atomic E-state index is 13.3. The van der Waals surface area contributed by atoms with Gasteiger partial charge in [0.1, 0.15) is 6.10 Å².